The quantitative estimate of drug-likeness (QED) is 0.900. The molecule has 4 heteroatoms. The lowest BCUT2D eigenvalue weighted by atomic mass is 10.00. The van der Waals surface area contributed by atoms with Crippen LogP contribution in [-0.4, -0.2) is 28.3 Å². The van der Waals surface area contributed by atoms with Gasteiger partial charge in [-0.05, 0) is 18.4 Å². The van der Waals surface area contributed by atoms with Crippen molar-refractivity contribution in [2.75, 3.05) is 18.1 Å². The molecule has 1 aliphatic heterocycles. The van der Waals surface area contributed by atoms with E-state index in [9.17, 15) is 9.47 Å². The van der Waals surface area contributed by atoms with Gasteiger partial charge in [0.05, 0.1) is 12.0 Å². The minimum Gasteiger partial charge on any atom is -0.312 e. The fraction of sp³-hybridized carbons (Fsp3) is 0.500. The Kier molecular flexibility index (Phi) is 4.91. The summed E-state index contributed by atoms with van der Waals surface area (Å²) in [6.07, 6.45) is 1.92. The SMILES string of the molecule is N#CC(CNC1CCS(=O)CC1)c1ccccc1. The number of nitriles is 1. The zero-order chi connectivity index (χ0) is 12.8. The van der Waals surface area contributed by atoms with Crippen LogP contribution in [0.15, 0.2) is 30.3 Å². The molecule has 3 nitrogen and oxygen atoms in total. The third-order valence-corrected chi connectivity index (χ3v) is 4.74. The van der Waals surface area contributed by atoms with Gasteiger partial charge in [-0.2, -0.15) is 5.26 Å². The van der Waals surface area contributed by atoms with Crippen molar-refractivity contribution < 1.29 is 4.21 Å². The molecule has 18 heavy (non-hydrogen) atoms. The zero-order valence-electron chi connectivity index (χ0n) is 10.3. The molecule has 1 fully saturated rings. The Hall–Kier alpha value is -1.18. The minimum absolute atomic E-state index is 0.0985. The molecule has 1 aromatic carbocycles. The van der Waals surface area contributed by atoms with Gasteiger partial charge in [0, 0.05) is 34.9 Å². The van der Waals surface area contributed by atoms with Gasteiger partial charge in [-0.1, -0.05) is 30.3 Å². The van der Waals surface area contributed by atoms with Gasteiger partial charge in [-0.25, -0.2) is 0 Å². The van der Waals surface area contributed by atoms with Crippen LogP contribution in [0.3, 0.4) is 0 Å². The molecule has 0 aromatic heterocycles. The van der Waals surface area contributed by atoms with E-state index < -0.39 is 10.8 Å². The molecule has 0 saturated carbocycles. The molecule has 0 aliphatic carbocycles. The smallest absolute Gasteiger partial charge is 0.0837 e. The molecule has 0 radical (unpaired) electrons. The summed E-state index contributed by atoms with van der Waals surface area (Å²) in [6, 6.07) is 12.6. The van der Waals surface area contributed by atoms with Crippen molar-refractivity contribution in [2.24, 2.45) is 0 Å². The highest BCUT2D eigenvalue weighted by molar-refractivity contribution is 7.85. The Morgan fingerprint density at radius 1 is 1.33 bits per heavy atom. The Balaban J connectivity index is 1.85. The maximum atomic E-state index is 11.3. The van der Waals surface area contributed by atoms with Crippen LogP contribution < -0.4 is 5.32 Å². The van der Waals surface area contributed by atoms with Crippen molar-refractivity contribution in [2.45, 2.75) is 24.8 Å². The van der Waals surface area contributed by atoms with E-state index in [1.54, 1.807) is 0 Å². The first-order valence-corrected chi connectivity index (χ1v) is 7.81. The lowest BCUT2D eigenvalue weighted by molar-refractivity contribution is 0.470. The summed E-state index contributed by atoms with van der Waals surface area (Å²) < 4.78 is 11.3. The minimum atomic E-state index is -0.618. The van der Waals surface area contributed by atoms with Crippen molar-refractivity contribution in [3.8, 4) is 6.07 Å². The zero-order valence-corrected chi connectivity index (χ0v) is 11.2. The summed E-state index contributed by atoms with van der Waals surface area (Å²) in [7, 11) is -0.618. The molecule has 0 spiro atoms. The number of rotatable bonds is 4. The second kappa shape index (κ2) is 6.67. The van der Waals surface area contributed by atoms with Gasteiger partial charge < -0.3 is 5.32 Å². The Bertz CT molecular complexity index is 431. The van der Waals surface area contributed by atoms with Gasteiger partial charge in [0.2, 0.25) is 0 Å². The van der Waals surface area contributed by atoms with Gasteiger partial charge in [-0.15, -0.1) is 0 Å². The first-order valence-electron chi connectivity index (χ1n) is 6.32. The molecule has 1 heterocycles. The highest BCUT2D eigenvalue weighted by atomic mass is 32.2. The molecule has 2 rings (SSSR count). The van der Waals surface area contributed by atoms with Crippen molar-refractivity contribution in [1.82, 2.24) is 5.32 Å². The molecular weight excluding hydrogens is 244 g/mol. The standard InChI is InChI=1S/C14H18N2OS/c15-10-13(12-4-2-1-3-5-12)11-16-14-6-8-18(17)9-7-14/h1-5,13-14,16H,6-9,11H2. The monoisotopic (exact) mass is 262 g/mol. The van der Waals surface area contributed by atoms with Gasteiger partial charge in [0.25, 0.3) is 0 Å². The predicted octanol–water partition coefficient (Wildman–Crippen LogP) is 1.79. The van der Waals surface area contributed by atoms with E-state index in [0.717, 1.165) is 29.9 Å². The first-order chi connectivity index (χ1) is 8.79. The predicted molar refractivity (Wildman–Crippen MR) is 73.7 cm³/mol. The van der Waals surface area contributed by atoms with Gasteiger partial charge in [0.15, 0.2) is 0 Å². The van der Waals surface area contributed by atoms with E-state index in [2.05, 4.69) is 11.4 Å². The van der Waals surface area contributed by atoms with E-state index in [0.29, 0.717) is 12.6 Å². The van der Waals surface area contributed by atoms with Crippen LogP contribution in [0.5, 0.6) is 0 Å². The summed E-state index contributed by atoms with van der Waals surface area (Å²) in [6.45, 7) is 0.678. The lowest BCUT2D eigenvalue weighted by Crippen LogP contribution is -2.37. The number of nitrogens with zero attached hydrogens (tertiary/aromatic N) is 1. The third-order valence-electron chi connectivity index (χ3n) is 3.36. The normalized spacial score (nSPS) is 25.3. The van der Waals surface area contributed by atoms with E-state index >= 15 is 0 Å². The van der Waals surface area contributed by atoms with Crippen LogP contribution in [0.1, 0.15) is 24.3 Å². The number of nitrogens with one attached hydrogen (secondary N) is 1. The van der Waals surface area contributed by atoms with Crippen molar-refractivity contribution in [3.05, 3.63) is 35.9 Å². The molecule has 1 atom stereocenters. The molecule has 96 valence electrons. The molecule has 1 aliphatic rings. The second-order valence-electron chi connectivity index (χ2n) is 4.62. The first kappa shape index (κ1) is 13.3. The average molecular weight is 262 g/mol. The van der Waals surface area contributed by atoms with Crippen LogP contribution in [-0.2, 0) is 10.8 Å². The number of hydrogen-bond donors (Lipinski definition) is 1. The molecule has 1 aromatic rings. The van der Waals surface area contributed by atoms with Crippen molar-refractivity contribution in [1.29, 1.82) is 5.26 Å². The third kappa shape index (κ3) is 3.66. The summed E-state index contributed by atoms with van der Waals surface area (Å²) in [5, 5.41) is 12.6. The van der Waals surface area contributed by atoms with Crippen molar-refractivity contribution in [3.63, 3.8) is 0 Å². The van der Waals surface area contributed by atoms with E-state index in [4.69, 9.17) is 0 Å². The molecular formula is C14H18N2OS. The topological polar surface area (TPSA) is 52.9 Å². The van der Waals surface area contributed by atoms with Crippen LogP contribution in [0.2, 0.25) is 0 Å². The molecule has 1 unspecified atom stereocenters. The summed E-state index contributed by atoms with van der Waals surface area (Å²) in [5.41, 5.74) is 1.06. The van der Waals surface area contributed by atoms with Gasteiger partial charge in [-0.3, -0.25) is 4.21 Å². The highest BCUT2D eigenvalue weighted by Gasteiger charge is 2.19. The maximum absolute atomic E-state index is 11.3. The summed E-state index contributed by atoms with van der Waals surface area (Å²) in [4.78, 5) is 0. The maximum Gasteiger partial charge on any atom is 0.0837 e. The lowest BCUT2D eigenvalue weighted by Gasteiger charge is -2.23. The van der Waals surface area contributed by atoms with E-state index in [1.165, 1.54) is 0 Å². The average Bonchev–Trinajstić information content (AvgIpc) is 2.43. The molecule has 1 saturated heterocycles. The molecule has 0 amide bonds. The fourth-order valence-electron chi connectivity index (χ4n) is 2.21. The van der Waals surface area contributed by atoms with Crippen LogP contribution in [0, 0.1) is 11.3 Å². The highest BCUT2D eigenvalue weighted by Crippen LogP contribution is 2.15. The fourth-order valence-corrected chi connectivity index (χ4v) is 3.50. The van der Waals surface area contributed by atoms with Crippen LogP contribution in [0.4, 0.5) is 0 Å². The Morgan fingerprint density at radius 2 is 2.00 bits per heavy atom. The second-order valence-corrected chi connectivity index (χ2v) is 6.32. The van der Waals surface area contributed by atoms with Crippen molar-refractivity contribution >= 4 is 10.8 Å². The van der Waals surface area contributed by atoms with Crippen LogP contribution in [0.25, 0.3) is 0 Å². The summed E-state index contributed by atoms with van der Waals surface area (Å²) in [5.74, 6) is 1.49. The molecule has 1 N–H and O–H groups in total. The largest absolute Gasteiger partial charge is 0.312 e. The summed E-state index contributed by atoms with van der Waals surface area (Å²) >= 11 is 0. The van der Waals surface area contributed by atoms with Gasteiger partial charge in [0.1, 0.15) is 0 Å². The number of benzene rings is 1. The Morgan fingerprint density at radius 3 is 2.61 bits per heavy atom. The van der Waals surface area contributed by atoms with E-state index in [-0.39, 0.29) is 5.92 Å². The van der Waals surface area contributed by atoms with Gasteiger partial charge >= 0.3 is 0 Å². The van der Waals surface area contributed by atoms with E-state index in [1.807, 2.05) is 30.3 Å². The molecule has 0 bridgehead atoms. The number of hydrogen-bond acceptors (Lipinski definition) is 3. The van der Waals surface area contributed by atoms with Crippen LogP contribution >= 0.6 is 0 Å². The Labute approximate surface area is 111 Å².